The van der Waals surface area contributed by atoms with Gasteiger partial charge in [0.1, 0.15) is 5.52 Å². The molecule has 0 bridgehead atoms. The van der Waals surface area contributed by atoms with Crippen LogP contribution in [0, 0.1) is 0 Å². The Bertz CT molecular complexity index is 1050. The van der Waals surface area contributed by atoms with E-state index in [9.17, 15) is 4.79 Å². The van der Waals surface area contributed by atoms with Crippen molar-refractivity contribution in [1.82, 2.24) is 24.4 Å². The summed E-state index contributed by atoms with van der Waals surface area (Å²) in [6.07, 6.45) is 5.79. The molecule has 0 amide bonds. The molecule has 3 heterocycles. The molecule has 0 aliphatic carbocycles. The minimum Gasteiger partial charge on any atom is -0.463 e. The predicted octanol–water partition coefficient (Wildman–Crippen LogP) is 2.91. The first-order valence-electron chi connectivity index (χ1n) is 10.8. The Hall–Kier alpha value is -2.87. The van der Waals surface area contributed by atoms with Crippen LogP contribution in [0.15, 0.2) is 29.1 Å². The number of H-pyrrole nitrogens is 1. The first-order valence-corrected chi connectivity index (χ1v) is 10.8. The van der Waals surface area contributed by atoms with E-state index < -0.39 is 0 Å². The Morgan fingerprint density at radius 1 is 1.13 bits per heavy atom. The molecular weight excluding hydrogens is 380 g/mol. The molecule has 0 unspecified atom stereocenters. The maximum absolute atomic E-state index is 12.6. The van der Waals surface area contributed by atoms with Crippen molar-refractivity contribution in [3.8, 4) is 6.01 Å². The highest BCUT2D eigenvalue weighted by molar-refractivity contribution is 5.81. The van der Waals surface area contributed by atoms with Gasteiger partial charge < -0.3 is 15.5 Å². The fourth-order valence-electron chi connectivity index (χ4n) is 3.93. The smallest absolute Gasteiger partial charge is 0.328 e. The summed E-state index contributed by atoms with van der Waals surface area (Å²) in [5.41, 5.74) is 9.03. The van der Waals surface area contributed by atoms with Gasteiger partial charge in [-0.2, -0.15) is 9.97 Å². The van der Waals surface area contributed by atoms with Gasteiger partial charge in [0.15, 0.2) is 11.5 Å². The summed E-state index contributed by atoms with van der Waals surface area (Å²) in [6, 6.07) is 8.62. The van der Waals surface area contributed by atoms with Crippen LogP contribution < -0.4 is 16.2 Å². The van der Waals surface area contributed by atoms with Crippen LogP contribution in [0.1, 0.15) is 50.2 Å². The van der Waals surface area contributed by atoms with Crippen LogP contribution in [0.25, 0.3) is 11.2 Å². The molecule has 4 rings (SSSR count). The molecule has 0 atom stereocenters. The van der Waals surface area contributed by atoms with Gasteiger partial charge in [0.05, 0.1) is 13.2 Å². The van der Waals surface area contributed by atoms with E-state index in [-0.39, 0.29) is 17.5 Å². The molecule has 30 heavy (non-hydrogen) atoms. The molecule has 2 aromatic heterocycles. The number of fused-ring (bicyclic) bond motifs is 1. The summed E-state index contributed by atoms with van der Waals surface area (Å²) in [5, 5.41) is 0. The van der Waals surface area contributed by atoms with Gasteiger partial charge in [0, 0.05) is 6.54 Å². The number of nitrogens with two attached hydrogens (primary N) is 1. The zero-order valence-corrected chi connectivity index (χ0v) is 17.6. The summed E-state index contributed by atoms with van der Waals surface area (Å²) in [7, 11) is 0. The third-order valence-corrected chi connectivity index (χ3v) is 5.55. The number of benzene rings is 1. The number of aromatic amines is 1. The van der Waals surface area contributed by atoms with Crippen LogP contribution in [0.2, 0.25) is 0 Å². The number of likely N-dealkylation sites (tertiary alicyclic amines) is 1. The van der Waals surface area contributed by atoms with E-state index in [1.54, 1.807) is 4.57 Å². The van der Waals surface area contributed by atoms with Crippen molar-refractivity contribution in [2.75, 3.05) is 25.4 Å². The van der Waals surface area contributed by atoms with Crippen molar-refractivity contribution in [3.63, 3.8) is 0 Å². The number of aromatic nitrogens is 4. The maximum Gasteiger partial charge on any atom is 0.328 e. The Kier molecular flexibility index (Phi) is 6.32. The van der Waals surface area contributed by atoms with E-state index >= 15 is 0 Å². The van der Waals surface area contributed by atoms with Gasteiger partial charge in [0.25, 0.3) is 0 Å². The summed E-state index contributed by atoms with van der Waals surface area (Å²) >= 11 is 0. The van der Waals surface area contributed by atoms with Crippen molar-refractivity contribution in [1.29, 1.82) is 0 Å². The molecule has 1 aliphatic rings. The van der Waals surface area contributed by atoms with Crippen LogP contribution in [0.5, 0.6) is 6.01 Å². The van der Waals surface area contributed by atoms with E-state index in [0.29, 0.717) is 24.3 Å². The van der Waals surface area contributed by atoms with E-state index in [1.165, 1.54) is 24.8 Å². The minimum absolute atomic E-state index is 0.208. The first-order chi connectivity index (χ1) is 14.6. The van der Waals surface area contributed by atoms with Crippen LogP contribution in [0.3, 0.4) is 0 Å². The average Bonchev–Trinajstić information content (AvgIpc) is 3.05. The van der Waals surface area contributed by atoms with Gasteiger partial charge in [-0.25, -0.2) is 4.79 Å². The average molecular weight is 411 g/mol. The van der Waals surface area contributed by atoms with Crippen molar-refractivity contribution in [3.05, 3.63) is 45.9 Å². The lowest BCUT2D eigenvalue weighted by Gasteiger charge is -2.26. The van der Waals surface area contributed by atoms with E-state index in [1.807, 2.05) is 6.07 Å². The highest BCUT2D eigenvalue weighted by Crippen LogP contribution is 2.19. The normalized spacial score (nSPS) is 15.0. The number of nitrogens with zero attached hydrogens (tertiary/aromatic N) is 4. The van der Waals surface area contributed by atoms with Gasteiger partial charge in [-0.1, -0.05) is 44.0 Å². The zero-order chi connectivity index (χ0) is 20.9. The van der Waals surface area contributed by atoms with Crippen LogP contribution in [-0.4, -0.2) is 44.1 Å². The largest absolute Gasteiger partial charge is 0.463 e. The number of nitrogens with one attached hydrogen (secondary N) is 1. The standard InChI is InChI=1S/C22H30N6O2/c1-2-3-12-30-21-25-19(23)18-20(26-21)28(22(29)24-18)15-17-9-7-8-16(13-17)14-27-10-5-4-6-11-27/h7-9,13H,2-6,10-12,14-15H2,1H3,(H,24,29)(H2,23,25,26). The van der Waals surface area contributed by atoms with Crippen LogP contribution in [-0.2, 0) is 13.1 Å². The molecule has 8 nitrogen and oxygen atoms in total. The number of ether oxygens (including phenoxy) is 1. The van der Waals surface area contributed by atoms with Crippen molar-refractivity contribution >= 4 is 17.0 Å². The van der Waals surface area contributed by atoms with Gasteiger partial charge in [-0.3, -0.25) is 9.47 Å². The lowest BCUT2D eigenvalue weighted by atomic mass is 10.1. The quantitative estimate of drug-likeness (QED) is 0.554. The van der Waals surface area contributed by atoms with E-state index in [2.05, 4.69) is 45.0 Å². The van der Waals surface area contributed by atoms with Crippen LogP contribution >= 0.6 is 0 Å². The molecule has 1 saturated heterocycles. The second kappa shape index (κ2) is 9.30. The molecule has 3 N–H and O–H groups in total. The molecule has 1 aliphatic heterocycles. The Morgan fingerprint density at radius 2 is 1.90 bits per heavy atom. The highest BCUT2D eigenvalue weighted by Gasteiger charge is 2.16. The third kappa shape index (κ3) is 4.64. The second-order valence-corrected chi connectivity index (χ2v) is 7.97. The number of nitrogen functional groups attached to an aromatic ring is 1. The Labute approximate surface area is 176 Å². The molecule has 3 aromatic rings. The fraction of sp³-hybridized carbons (Fsp3) is 0.500. The predicted molar refractivity (Wildman–Crippen MR) is 118 cm³/mol. The number of unbranched alkanes of at least 4 members (excludes halogenated alkanes) is 1. The molecular formula is C22H30N6O2. The third-order valence-electron chi connectivity index (χ3n) is 5.55. The number of hydrogen-bond acceptors (Lipinski definition) is 6. The van der Waals surface area contributed by atoms with Crippen molar-refractivity contribution in [2.45, 2.75) is 52.1 Å². The molecule has 0 spiro atoms. The number of imidazole rings is 1. The molecule has 160 valence electrons. The van der Waals surface area contributed by atoms with E-state index in [0.717, 1.165) is 38.0 Å². The molecule has 0 saturated carbocycles. The SMILES string of the molecule is CCCCOc1nc(N)c2[nH]c(=O)n(Cc3cccc(CN4CCCCC4)c3)c2n1. The van der Waals surface area contributed by atoms with Crippen molar-refractivity contribution < 1.29 is 4.74 Å². The van der Waals surface area contributed by atoms with Gasteiger partial charge in [0.2, 0.25) is 0 Å². The monoisotopic (exact) mass is 410 g/mol. The van der Waals surface area contributed by atoms with Gasteiger partial charge in [-0.05, 0) is 43.5 Å². The lowest BCUT2D eigenvalue weighted by Crippen LogP contribution is -2.29. The summed E-state index contributed by atoms with van der Waals surface area (Å²) < 4.78 is 7.21. The minimum atomic E-state index is -0.252. The van der Waals surface area contributed by atoms with Gasteiger partial charge >= 0.3 is 11.7 Å². The summed E-state index contributed by atoms with van der Waals surface area (Å²) in [5.74, 6) is 0.223. The molecule has 1 aromatic carbocycles. The van der Waals surface area contributed by atoms with E-state index in [4.69, 9.17) is 10.5 Å². The molecule has 8 heteroatoms. The maximum atomic E-state index is 12.6. The van der Waals surface area contributed by atoms with Crippen LogP contribution in [0.4, 0.5) is 5.82 Å². The number of hydrogen-bond donors (Lipinski definition) is 2. The van der Waals surface area contributed by atoms with Crippen molar-refractivity contribution in [2.24, 2.45) is 0 Å². The number of rotatable bonds is 8. The summed E-state index contributed by atoms with van der Waals surface area (Å²) in [4.78, 5) is 26.5. The lowest BCUT2D eigenvalue weighted by molar-refractivity contribution is 0.221. The second-order valence-electron chi connectivity index (χ2n) is 7.97. The molecule has 0 radical (unpaired) electrons. The zero-order valence-electron chi connectivity index (χ0n) is 17.6. The Morgan fingerprint density at radius 3 is 2.67 bits per heavy atom. The van der Waals surface area contributed by atoms with Gasteiger partial charge in [-0.15, -0.1) is 0 Å². The number of piperidine rings is 1. The molecule has 1 fully saturated rings. The highest BCUT2D eigenvalue weighted by atomic mass is 16.5. The number of anilines is 1. The summed E-state index contributed by atoms with van der Waals surface area (Å²) in [6.45, 7) is 6.28. The Balaban J connectivity index is 1.57. The first kappa shape index (κ1) is 20.4. The topological polar surface area (TPSA) is 102 Å². The fourth-order valence-corrected chi connectivity index (χ4v) is 3.93.